The fourth-order valence-electron chi connectivity index (χ4n) is 5.05. The van der Waals surface area contributed by atoms with Crippen molar-refractivity contribution in [1.29, 1.82) is 0 Å². The van der Waals surface area contributed by atoms with E-state index in [4.69, 9.17) is 24.0 Å². The molecule has 7 heteroatoms. The van der Waals surface area contributed by atoms with Crippen molar-refractivity contribution < 1.29 is 23.7 Å². The van der Waals surface area contributed by atoms with E-state index >= 15 is 0 Å². The summed E-state index contributed by atoms with van der Waals surface area (Å²) in [7, 11) is 1.75. The highest BCUT2D eigenvalue weighted by Gasteiger charge is 2.54. The fourth-order valence-corrected chi connectivity index (χ4v) is 5.05. The molecule has 0 aromatic rings. The number of methoxy groups -OCH3 is 1. The fraction of sp³-hybridized carbons (Fsp3) is 0.909. The average Bonchev–Trinajstić information content (AvgIpc) is 3.32. The standard InChI is InChI=1S/C22H38N2O5/c1-5-27-21(25)20-17(8-6-10-22(20)28-12-13-29-22)14-19(16(2)3)23-24-11-7-9-18(24)15-26-4/h16-18,20H,5-15H2,1-4H3/t17-,18+,20+/m1/s1. The van der Waals surface area contributed by atoms with Crippen LogP contribution in [0.15, 0.2) is 5.10 Å². The Bertz CT molecular complexity index is 574. The second kappa shape index (κ2) is 10.2. The molecule has 3 rings (SSSR count). The minimum Gasteiger partial charge on any atom is -0.466 e. The molecule has 0 aromatic carbocycles. The molecule has 1 spiro atoms. The van der Waals surface area contributed by atoms with Crippen molar-refractivity contribution in [3.8, 4) is 0 Å². The molecule has 0 unspecified atom stereocenters. The van der Waals surface area contributed by atoms with Gasteiger partial charge in [-0.15, -0.1) is 0 Å². The lowest BCUT2D eigenvalue weighted by atomic mass is 9.71. The average molecular weight is 411 g/mol. The van der Waals surface area contributed by atoms with E-state index in [1.54, 1.807) is 7.11 Å². The van der Waals surface area contributed by atoms with Crippen molar-refractivity contribution in [2.75, 3.05) is 40.1 Å². The van der Waals surface area contributed by atoms with E-state index in [-0.39, 0.29) is 11.9 Å². The van der Waals surface area contributed by atoms with Gasteiger partial charge in [-0.05, 0) is 50.9 Å². The smallest absolute Gasteiger partial charge is 0.314 e. The Labute approximate surface area is 175 Å². The van der Waals surface area contributed by atoms with Crippen LogP contribution in [0.25, 0.3) is 0 Å². The zero-order valence-corrected chi connectivity index (χ0v) is 18.5. The largest absolute Gasteiger partial charge is 0.466 e. The van der Waals surface area contributed by atoms with Crippen molar-refractivity contribution in [3.05, 3.63) is 0 Å². The summed E-state index contributed by atoms with van der Waals surface area (Å²) < 4.78 is 22.9. The van der Waals surface area contributed by atoms with Crippen LogP contribution in [0.2, 0.25) is 0 Å². The molecular weight excluding hydrogens is 372 g/mol. The second-order valence-electron chi connectivity index (χ2n) is 8.76. The van der Waals surface area contributed by atoms with E-state index in [2.05, 4.69) is 18.9 Å². The van der Waals surface area contributed by atoms with Gasteiger partial charge in [0, 0.05) is 25.8 Å². The van der Waals surface area contributed by atoms with Gasteiger partial charge in [0.25, 0.3) is 0 Å². The van der Waals surface area contributed by atoms with Gasteiger partial charge in [0.05, 0.1) is 32.5 Å². The van der Waals surface area contributed by atoms with E-state index < -0.39 is 11.7 Å². The number of hydrogen-bond acceptors (Lipinski definition) is 7. The maximum atomic E-state index is 13.0. The summed E-state index contributed by atoms with van der Waals surface area (Å²) in [5, 5.41) is 7.25. The molecule has 3 atom stereocenters. The zero-order chi connectivity index (χ0) is 20.9. The Kier molecular flexibility index (Phi) is 7.93. The van der Waals surface area contributed by atoms with Gasteiger partial charge in [-0.25, -0.2) is 0 Å². The molecule has 0 radical (unpaired) electrons. The van der Waals surface area contributed by atoms with Gasteiger partial charge >= 0.3 is 5.97 Å². The molecule has 3 fully saturated rings. The van der Waals surface area contributed by atoms with Gasteiger partial charge in [-0.3, -0.25) is 9.80 Å². The lowest BCUT2D eigenvalue weighted by Gasteiger charge is -2.43. The molecule has 0 N–H and O–H groups in total. The molecule has 166 valence electrons. The molecule has 0 bridgehead atoms. The van der Waals surface area contributed by atoms with Crippen molar-refractivity contribution in [2.45, 2.75) is 71.1 Å². The molecule has 1 saturated carbocycles. The molecule has 2 saturated heterocycles. The summed E-state index contributed by atoms with van der Waals surface area (Å²) in [6.07, 6.45) is 5.73. The Morgan fingerprint density at radius 1 is 1.24 bits per heavy atom. The number of hydrazone groups is 1. The molecule has 0 aromatic heterocycles. The summed E-state index contributed by atoms with van der Waals surface area (Å²) in [6.45, 7) is 9.34. The normalized spacial score (nSPS) is 29.8. The van der Waals surface area contributed by atoms with Crippen molar-refractivity contribution >= 4 is 11.7 Å². The van der Waals surface area contributed by atoms with E-state index in [1.807, 2.05) is 6.92 Å². The summed E-state index contributed by atoms with van der Waals surface area (Å²) in [4.78, 5) is 13.0. The van der Waals surface area contributed by atoms with Crippen LogP contribution >= 0.6 is 0 Å². The van der Waals surface area contributed by atoms with Crippen LogP contribution in [-0.4, -0.2) is 68.6 Å². The quantitative estimate of drug-likeness (QED) is 0.452. The molecule has 2 heterocycles. The number of nitrogens with zero attached hydrogens (tertiary/aromatic N) is 2. The van der Waals surface area contributed by atoms with Gasteiger partial charge < -0.3 is 18.9 Å². The van der Waals surface area contributed by atoms with Crippen LogP contribution in [0.1, 0.15) is 59.3 Å². The molecule has 3 aliphatic rings. The minimum absolute atomic E-state index is 0.116. The molecule has 29 heavy (non-hydrogen) atoms. The topological polar surface area (TPSA) is 69.6 Å². The third-order valence-electron chi connectivity index (χ3n) is 6.46. The summed E-state index contributed by atoms with van der Waals surface area (Å²) in [6, 6.07) is 0.341. The van der Waals surface area contributed by atoms with Crippen LogP contribution in [0.4, 0.5) is 0 Å². The first kappa shape index (κ1) is 22.5. The number of rotatable bonds is 8. The van der Waals surface area contributed by atoms with Gasteiger partial charge in [0.1, 0.15) is 5.92 Å². The summed E-state index contributed by atoms with van der Waals surface area (Å²) in [5.41, 5.74) is 1.14. The van der Waals surface area contributed by atoms with Crippen LogP contribution < -0.4 is 0 Å². The maximum Gasteiger partial charge on any atom is 0.314 e. The zero-order valence-electron chi connectivity index (χ0n) is 18.5. The number of hydrogen-bond donors (Lipinski definition) is 0. The Morgan fingerprint density at radius 2 is 2.00 bits per heavy atom. The molecule has 0 amide bonds. The molecule has 2 aliphatic heterocycles. The highest BCUT2D eigenvalue weighted by atomic mass is 16.7. The predicted molar refractivity (Wildman–Crippen MR) is 111 cm³/mol. The Morgan fingerprint density at radius 3 is 2.66 bits per heavy atom. The van der Waals surface area contributed by atoms with Crippen LogP contribution in [0.3, 0.4) is 0 Å². The first-order valence-electron chi connectivity index (χ1n) is 11.3. The van der Waals surface area contributed by atoms with Crippen LogP contribution in [0.5, 0.6) is 0 Å². The highest BCUT2D eigenvalue weighted by molar-refractivity contribution is 5.87. The number of esters is 1. The van der Waals surface area contributed by atoms with E-state index in [9.17, 15) is 4.79 Å². The first-order valence-corrected chi connectivity index (χ1v) is 11.3. The number of carbonyl (C=O) groups is 1. The van der Waals surface area contributed by atoms with E-state index in [0.717, 1.165) is 50.8 Å². The minimum atomic E-state index is -0.816. The summed E-state index contributed by atoms with van der Waals surface area (Å²) >= 11 is 0. The van der Waals surface area contributed by atoms with Gasteiger partial charge in [-0.1, -0.05) is 13.8 Å². The maximum absolute atomic E-state index is 13.0. The van der Waals surface area contributed by atoms with Gasteiger partial charge in [0.2, 0.25) is 0 Å². The Balaban J connectivity index is 1.81. The SMILES string of the molecule is CCOC(=O)[C@@H]1[C@@H](CC(=NN2CCC[C@H]2COC)C(C)C)CCCC12OCCO2. The predicted octanol–water partition coefficient (Wildman–Crippen LogP) is 3.22. The Hall–Kier alpha value is -1.18. The van der Waals surface area contributed by atoms with Crippen molar-refractivity contribution in [3.63, 3.8) is 0 Å². The first-order chi connectivity index (χ1) is 14.0. The third-order valence-corrected chi connectivity index (χ3v) is 6.46. The van der Waals surface area contributed by atoms with Gasteiger partial charge in [0.15, 0.2) is 5.79 Å². The lowest BCUT2D eigenvalue weighted by molar-refractivity contribution is -0.232. The molecular formula is C22H38N2O5. The molecule has 7 nitrogen and oxygen atoms in total. The summed E-state index contributed by atoms with van der Waals surface area (Å²) in [5.74, 6) is -0.976. The lowest BCUT2D eigenvalue weighted by Crippen LogP contribution is -2.51. The van der Waals surface area contributed by atoms with Crippen LogP contribution in [0, 0.1) is 17.8 Å². The number of ether oxygens (including phenoxy) is 4. The van der Waals surface area contributed by atoms with Gasteiger partial charge in [-0.2, -0.15) is 5.10 Å². The second-order valence-corrected chi connectivity index (χ2v) is 8.76. The van der Waals surface area contributed by atoms with Crippen LogP contribution in [-0.2, 0) is 23.7 Å². The van der Waals surface area contributed by atoms with E-state index in [1.165, 1.54) is 0 Å². The number of carbonyl (C=O) groups excluding carboxylic acids is 1. The monoisotopic (exact) mass is 410 g/mol. The van der Waals surface area contributed by atoms with E-state index in [0.29, 0.717) is 38.4 Å². The molecule has 1 aliphatic carbocycles. The van der Waals surface area contributed by atoms with Crippen molar-refractivity contribution in [1.82, 2.24) is 5.01 Å². The highest BCUT2D eigenvalue weighted by Crippen LogP contribution is 2.46. The third kappa shape index (κ3) is 5.12. The van der Waals surface area contributed by atoms with Crippen molar-refractivity contribution in [2.24, 2.45) is 22.9 Å².